The van der Waals surface area contributed by atoms with Gasteiger partial charge in [-0.15, -0.1) is 0 Å². The summed E-state index contributed by atoms with van der Waals surface area (Å²) in [6, 6.07) is 0. The van der Waals surface area contributed by atoms with Crippen molar-refractivity contribution in [1.29, 1.82) is 0 Å². The molecule has 0 N–H and O–H groups in total. The molecule has 0 aliphatic heterocycles. The Labute approximate surface area is 83.6 Å². The van der Waals surface area contributed by atoms with Crippen molar-refractivity contribution in [2.75, 3.05) is 7.11 Å². The van der Waals surface area contributed by atoms with Gasteiger partial charge in [-0.05, 0) is 6.42 Å². The maximum absolute atomic E-state index is 11.1. The zero-order valence-electron chi connectivity index (χ0n) is 8.67. The van der Waals surface area contributed by atoms with Gasteiger partial charge >= 0.3 is 11.8 Å². The molecule has 4 heteroatoms. The lowest BCUT2D eigenvalue weighted by Gasteiger charge is -1.98. The summed E-state index contributed by atoms with van der Waals surface area (Å²) in [7, 11) is 1.09. The van der Waals surface area contributed by atoms with Gasteiger partial charge < -0.3 is 4.74 Å². The second-order valence-electron chi connectivity index (χ2n) is 3.05. The number of hydrogen-bond donors (Lipinski definition) is 0. The van der Waals surface area contributed by atoms with Crippen LogP contribution in [-0.2, 0) is 19.1 Å². The number of esters is 1. The first-order valence-electron chi connectivity index (χ1n) is 4.79. The molecule has 0 aromatic heterocycles. The minimum absolute atomic E-state index is 0.147. The number of Topliss-reactive ketones (excluding diaryl/α,β-unsaturated/α-hetero) is 2. The number of rotatable bonds is 7. The first-order chi connectivity index (χ1) is 6.63. The molecule has 0 aromatic carbocycles. The third kappa shape index (κ3) is 4.74. The van der Waals surface area contributed by atoms with Crippen LogP contribution in [0.2, 0.25) is 0 Å². The summed E-state index contributed by atoms with van der Waals surface area (Å²) in [5, 5.41) is 0. The summed E-state index contributed by atoms with van der Waals surface area (Å²) >= 11 is 0. The second-order valence-corrected chi connectivity index (χ2v) is 3.05. The third-order valence-electron chi connectivity index (χ3n) is 1.88. The number of carbonyl (C=O) groups excluding carboxylic acids is 3. The fourth-order valence-corrected chi connectivity index (χ4v) is 1.03. The van der Waals surface area contributed by atoms with E-state index in [-0.39, 0.29) is 6.42 Å². The van der Waals surface area contributed by atoms with E-state index in [9.17, 15) is 14.4 Å². The van der Waals surface area contributed by atoms with Gasteiger partial charge in [-0.3, -0.25) is 9.59 Å². The molecular weight excluding hydrogens is 184 g/mol. The van der Waals surface area contributed by atoms with Crippen molar-refractivity contribution < 1.29 is 19.1 Å². The van der Waals surface area contributed by atoms with Gasteiger partial charge in [-0.1, -0.05) is 26.2 Å². The number of hydrogen-bond acceptors (Lipinski definition) is 4. The number of ether oxygens (including phenoxy) is 1. The highest BCUT2D eigenvalue weighted by Crippen LogP contribution is 2.03. The van der Waals surface area contributed by atoms with E-state index in [1.54, 1.807) is 0 Å². The standard InChI is InChI=1S/C10H16O4/c1-3-4-5-6-7-8(11)9(12)10(13)14-2/h3-7H2,1-2H3. The van der Waals surface area contributed by atoms with E-state index < -0.39 is 17.5 Å². The van der Waals surface area contributed by atoms with Crippen molar-refractivity contribution in [1.82, 2.24) is 0 Å². The van der Waals surface area contributed by atoms with Crippen molar-refractivity contribution in [3.8, 4) is 0 Å². The van der Waals surface area contributed by atoms with Crippen molar-refractivity contribution in [2.24, 2.45) is 0 Å². The fourth-order valence-electron chi connectivity index (χ4n) is 1.03. The van der Waals surface area contributed by atoms with E-state index in [4.69, 9.17) is 0 Å². The zero-order valence-corrected chi connectivity index (χ0v) is 8.67. The SMILES string of the molecule is CCCCCCC(=O)C(=O)C(=O)OC. The molecule has 0 saturated heterocycles. The van der Waals surface area contributed by atoms with Crippen LogP contribution in [-0.4, -0.2) is 24.6 Å². The topological polar surface area (TPSA) is 60.4 Å². The van der Waals surface area contributed by atoms with Crippen LogP contribution >= 0.6 is 0 Å². The van der Waals surface area contributed by atoms with Gasteiger partial charge in [0.2, 0.25) is 5.78 Å². The van der Waals surface area contributed by atoms with Crippen LogP contribution in [0, 0.1) is 0 Å². The van der Waals surface area contributed by atoms with Crippen molar-refractivity contribution in [3.63, 3.8) is 0 Å². The van der Waals surface area contributed by atoms with Crippen LogP contribution < -0.4 is 0 Å². The molecule has 14 heavy (non-hydrogen) atoms. The Hall–Kier alpha value is -1.19. The zero-order chi connectivity index (χ0) is 11.0. The normalized spacial score (nSPS) is 9.57. The largest absolute Gasteiger partial charge is 0.463 e. The molecule has 0 atom stereocenters. The lowest BCUT2D eigenvalue weighted by atomic mass is 10.1. The molecule has 0 aromatic rings. The van der Waals surface area contributed by atoms with Gasteiger partial charge in [0.05, 0.1) is 7.11 Å². The van der Waals surface area contributed by atoms with Gasteiger partial charge in [-0.25, -0.2) is 4.79 Å². The molecule has 0 fully saturated rings. The Bertz CT molecular complexity index is 220. The van der Waals surface area contributed by atoms with Gasteiger partial charge in [0, 0.05) is 6.42 Å². The molecule has 0 aliphatic rings. The first-order valence-corrected chi connectivity index (χ1v) is 4.79. The van der Waals surface area contributed by atoms with E-state index >= 15 is 0 Å². The average molecular weight is 200 g/mol. The lowest BCUT2D eigenvalue weighted by Crippen LogP contribution is -2.24. The van der Waals surface area contributed by atoms with Crippen LogP contribution in [0.3, 0.4) is 0 Å². The summed E-state index contributed by atoms with van der Waals surface area (Å²) in [6.07, 6.45) is 3.83. The van der Waals surface area contributed by atoms with Crippen LogP contribution in [0.25, 0.3) is 0 Å². The maximum Gasteiger partial charge on any atom is 0.382 e. The molecule has 0 radical (unpaired) electrons. The smallest absolute Gasteiger partial charge is 0.382 e. The van der Waals surface area contributed by atoms with Crippen molar-refractivity contribution in [2.45, 2.75) is 39.0 Å². The first kappa shape index (κ1) is 12.8. The molecule has 0 bridgehead atoms. The summed E-state index contributed by atoms with van der Waals surface area (Å²) in [5.41, 5.74) is 0. The molecule has 80 valence electrons. The Balaban J connectivity index is 3.74. The Morgan fingerprint density at radius 2 is 1.71 bits per heavy atom. The van der Waals surface area contributed by atoms with Crippen LogP contribution in [0.1, 0.15) is 39.0 Å². The Morgan fingerprint density at radius 3 is 2.21 bits per heavy atom. The lowest BCUT2D eigenvalue weighted by molar-refractivity contribution is -0.155. The van der Waals surface area contributed by atoms with Crippen LogP contribution in [0.15, 0.2) is 0 Å². The van der Waals surface area contributed by atoms with Crippen LogP contribution in [0.4, 0.5) is 0 Å². The summed E-state index contributed by atoms with van der Waals surface area (Å²) in [5.74, 6) is -2.75. The minimum atomic E-state index is -1.06. The van der Waals surface area contributed by atoms with E-state index in [0.717, 1.165) is 26.4 Å². The minimum Gasteiger partial charge on any atom is -0.463 e. The molecule has 0 saturated carbocycles. The second kappa shape index (κ2) is 7.24. The highest BCUT2D eigenvalue weighted by molar-refractivity contribution is 6.62. The van der Waals surface area contributed by atoms with Gasteiger partial charge in [0.15, 0.2) is 0 Å². The Morgan fingerprint density at radius 1 is 1.07 bits per heavy atom. The number of methoxy groups -OCH3 is 1. The molecule has 0 rings (SSSR count). The number of carbonyl (C=O) groups is 3. The predicted octanol–water partition coefficient (Wildman–Crippen LogP) is 1.27. The monoisotopic (exact) mass is 200 g/mol. The summed E-state index contributed by atoms with van der Waals surface area (Å²) in [6.45, 7) is 2.06. The highest BCUT2D eigenvalue weighted by Gasteiger charge is 2.22. The van der Waals surface area contributed by atoms with Crippen molar-refractivity contribution >= 4 is 17.5 Å². The number of unbranched alkanes of at least 4 members (excludes halogenated alkanes) is 3. The molecule has 0 heterocycles. The Kier molecular flexibility index (Phi) is 6.62. The average Bonchev–Trinajstić information content (AvgIpc) is 2.21. The van der Waals surface area contributed by atoms with E-state index in [0.29, 0.717) is 6.42 Å². The van der Waals surface area contributed by atoms with Crippen molar-refractivity contribution in [3.05, 3.63) is 0 Å². The molecule has 0 spiro atoms. The van der Waals surface area contributed by atoms with E-state index in [2.05, 4.69) is 11.7 Å². The summed E-state index contributed by atoms with van der Waals surface area (Å²) < 4.78 is 4.15. The van der Waals surface area contributed by atoms with Gasteiger partial charge in [-0.2, -0.15) is 0 Å². The maximum atomic E-state index is 11.1. The number of ketones is 2. The molecule has 0 unspecified atom stereocenters. The summed E-state index contributed by atoms with van der Waals surface area (Å²) in [4.78, 5) is 32.6. The molecule has 0 amide bonds. The molecular formula is C10H16O4. The fraction of sp³-hybridized carbons (Fsp3) is 0.700. The predicted molar refractivity (Wildman–Crippen MR) is 50.8 cm³/mol. The molecule has 4 nitrogen and oxygen atoms in total. The van der Waals surface area contributed by atoms with Gasteiger partial charge in [0.1, 0.15) is 0 Å². The van der Waals surface area contributed by atoms with E-state index in [1.165, 1.54) is 0 Å². The van der Waals surface area contributed by atoms with E-state index in [1.807, 2.05) is 0 Å². The quantitative estimate of drug-likeness (QED) is 0.269. The van der Waals surface area contributed by atoms with Gasteiger partial charge in [0.25, 0.3) is 0 Å². The third-order valence-corrected chi connectivity index (χ3v) is 1.88. The van der Waals surface area contributed by atoms with Crippen LogP contribution in [0.5, 0.6) is 0 Å². The molecule has 0 aliphatic carbocycles. The highest BCUT2D eigenvalue weighted by atomic mass is 16.5.